The summed E-state index contributed by atoms with van der Waals surface area (Å²) in [5, 5.41) is 21.2. The van der Waals surface area contributed by atoms with Gasteiger partial charge in [0.05, 0.1) is 11.7 Å². The number of hydrogen-bond acceptors (Lipinski definition) is 4. The summed E-state index contributed by atoms with van der Waals surface area (Å²) in [7, 11) is 0. The molecule has 0 heterocycles. The van der Waals surface area contributed by atoms with Gasteiger partial charge in [0.1, 0.15) is 0 Å². The van der Waals surface area contributed by atoms with Crippen molar-refractivity contribution in [2.45, 2.75) is 58.2 Å². The number of carbonyl (C=O) groups is 2. The maximum atomic E-state index is 12.0. The lowest BCUT2D eigenvalue weighted by atomic mass is 9.56. The van der Waals surface area contributed by atoms with Crippen LogP contribution in [0.2, 0.25) is 0 Å². The number of hydrogen-bond donors (Lipinski definition) is 2. The zero-order chi connectivity index (χ0) is 18.4. The van der Waals surface area contributed by atoms with Crippen LogP contribution >= 0.6 is 0 Å². The zero-order valence-electron chi connectivity index (χ0n) is 15.1. The molecule has 1 saturated carbocycles. The van der Waals surface area contributed by atoms with Crippen LogP contribution in [0, 0.1) is 11.3 Å². The fraction of sp³-hybridized carbons (Fsp3) is 0.524. The van der Waals surface area contributed by atoms with E-state index in [4.69, 9.17) is 0 Å². The zero-order valence-corrected chi connectivity index (χ0v) is 15.1. The summed E-state index contributed by atoms with van der Waals surface area (Å²) in [6.07, 6.45) is 4.80. The van der Waals surface area contributed by atoms with Crippen LogP contribution in [0.15, 0.2) is 30.4 Å². The van der Waals surface area contributed by atoms with Gasteiger partial charge in [-0.3, -0.25) is 9.59 Å². The van der Waals surface area contributed by atoms with Crippen molar-refractivity contribution < 1.29 is 19.8 Å². The molecule has 1 fully saturated rings. The molecule has 0 unspecified atom stereocenters. The average Bonchev–Trinajstić information content (AvgIpc) is 2.59. The fourth-order valence-corrected chi connectivity index (χ4v) is 4.29. The molecular weight excluding hydrogens is 316 g/mol. The largest absolute Gasteiger partial charge is 0.390 e. The van der Waals surface area contributed by atoms with Crippen LogP contribution in [-0.4, -0.2) is 33.5 Å². The molecule has 2 aliphatic rings. The summed E-state index contributed by atoms with van der Waals surface area (Å²) in [6.45, 7) is 5.89. The minimum atomic E-state index is -1.15. The Hall–Kier alpha value is -1.78. The van der Waals surface area contributed by atoms with E-state index in [1.165, 1.54) is 12.2 Å². The Balaban J connectivity index is 1.83. The van der Waals surface area contributed by atoms with Crippen LogP contribution < -0.4 is 0 Å². The van der Waals surface area contributed by atoms with E-state index >= 15 is 0 Å². The van der Waals surface area contributed by atoms with Gasteiger partial charge >= 0.3 is 0 Å². The number of benzene rings is 1. The molecule has 1 aromatic carbocycles. The lowest BCUT2D eigenvalue weighted by Gasteiger charge is -2.53. The molecule has 0 amide bonds. The topological polar surface area (TPSA) is 74.6 Å². The van der Waals surface area contributed by atoms with Crippen molar-refractivity contribution in [3.63, 3.8) is 0 Å². The molecule has 3 rings (SSSR count). The first kappa shape index (κ1) is 18.0. The monoisotopic (exact) mass is 342 g/mol. The van der Waals surface area contributed by atoms with E-state index in [-0.39, 0.29) is 17.5 Å². The van der Waals surface area contributed by atoms with E-state index in [0.717, 1.165) is 12.0 Å². The van der Waals surface area contributed by atoms with Gasteiger partial charge in [0.25, 0.3) is 0 Å². The van der Waals surface area contributed by atoms with Crippen molar-refractivity contribution in [1.82, 2.24) is 0 Å². The lowest BCUT2D eigenvalue weighted by Crippen LogP contribution is -2.59. The van der Waals surface area contributed by atoms with Crippen LogP contribution in [0.25, 0.3) is 0 Å². The number of rotatable bonds is 3. The third-order valence-electron chi connectivity index (χ3n) is 6.70. The van der Waals surface area contributed by atoms with E-state index in [2.05, 4.69) is 6.92 Å². The highest BCUT2D eigenvalue weighted by molar-refractivity contribution is 6.22. The summed E-state index contributed by atoms with van der Waals surface area (Å²) >= 11 is 0. The quantitative estimate of drug-likeness (QED) is 0.885. The van der Waals surface area contributed by atoms with E-state index in [9.17, 15) is 19.8 Å². The van der Waals surface area contributed by atoms with Crippen molar-refractivity contribution in [3.8, 4) is 0 Å². The van der Waals surface area contributed by atoms with Gasteiger partial charge in [-0.2, -0.15) is 0 Å². The second-order valence-electron chi connectivity index (χ2n) is 8.00. The van der Waals surface area contributed by atoms with Crippen LogP contribution in [0.3, 0.4) is 0 Å². The van der Waals surface area contributed by atoms with Crippen LogP contribution in [0.1, 0.15) is 66.3 Å². The Kier molecular flexibility index (Phi) is 4.46. The van der Waals surface area contributed by atoms with Crippen LogP contribution in [-0.2, 0) is 6.42 Å². The molecule has 134 valence electrons. The molecule has 4 heteroatoms. The number of ketones is 2. The number of aliphatic hydroxyl groups excluding tert-OH is 1. The fourth-order valence-electron chi connectivity index (χ4n) is 4.29. The van der Waals surface area contributed by atoms with E-state index in [1.54, 1.807) is 19.1 Å². The number of fused-ring (bicyclic) bond motifs is 1. The Morgan fingerprint density at radius 2 is 1.72 bits per heavy atom. The molecule has 0 aromatic heterocycles. The first-order valence-electron chi connectivity index (χ1n) is 8.97. The molecule has 0 bridgehead atoms. The summed E-state index contributed by atoms with van der Waals surface area (Å²) in [6, 6.07) is 5.39. The molecule has 4 atom stereocenters. The summed E-state index contributed by atoms with van der Waals surface area (Å²) in [5.74, 6) is 0.00542. The molecule has 0 spiro atoms. The predicted octanol–water partition coefficient (Wildman–Crippen LogP) is 3.10. The first-order chi connectivity index (χ1) is 11.7. The van der Waals surface area contributed by atoms with Gasteiger partial charge in [-0.1, -0.05) is 26.0 Å². The SMILES string of the molecule is C[C@@H]1CC[C@H](O)[C@@](C)(O)[C@@]1(C)CCc1ccc2c(c1)C(=O)C=CC2=O. The molecule has 0 aliphatic heterocycles. The van der Waals surface area contributed by atoms with Crippen molar-refractivity contribution in [2.75, 3.05) is 0 Å². The van der Waals surface area contributed by atoms with Gasteiger partial charge in [0, 0.05) is 16.5 Å². The Morgan fingerprint density at radius 1 is 1.08 bits per heavy atom. The van der Waals surface area contributed by atoms with E-state index in [1.807, 2.05) is 13.0 Å². The van der Waals surface area contributed by atoms with Gasteiger partial charge in [0.15, 0.2) is 11.6 Å². The predicted molar refractivity (Wildman–Crippen MR) is 95.7 cm³/mol. The lowest BCUT2D eigenvalue weighted by molar-refractivity contribution is -0.189. The van der Waals surface area contributed by atoms with Crippen LogP contribution in [0.4, 0.5) is 0 Å². The van der Waals surface area contributed by atoms with Crippen molar-refractivity contribution >= 4 is 11.6 Å². The summed E-state index contributed by atoms with van der Waals surface area (Å²) < 4.78 is 0. The summed E-state index contributed by atoms with van der Waals surface area (Å²) in [4.78, 5) is 23.9. The molecule has 2 N–H and O–H groups in total. The molecule has 2 aliphatic carbocycles. The first-order valence-corrected chi connectivity index (χ1v) is 8.97. The highest BCUT2D eigenvalue weighted by atomic mass is 16.3. The second kappa shape index (κ2) is 6.19. The van der Waals surface area contributed by atoms with E-state index < -0.39 is 17.1 Å². The van der Waals surface area contributed by atoms with Crippen LogP contribution in [0.5, 0.6) is 0 Å². The second-order valence-corrected chi connectivity index (χ2v) is 8.00. The molecule has 0 saturated heterocycles. The third-order valence-corrected chi connectivity index (χ3v) is 6.70. The molecule has 25 heavy (non-hydrogen) atoms. The number of aryl methyl sites for hydroxylation is 1. The minimum absolute atomic E-state index is 0.139. The Labute approximate surface area is 148 Å². The molecule has 1 aromatic rings. The number of aliphatic hydroxyl groups is 2. The Bertz CT molecular complexity index is 746. The van der Waals surface area contributed by atoms with Gasteiger partial charge in [-0.25, -0.2) is 0 Å². The summed E-state index contributed by atoms with van der Waals surface area (Å²) in [5.41, 5.74) is 0.322. The van der Waals surface area contributed by atoms with E-state index in [0.29, 0.717) is 30.4 Å². The molecular formula is C21H26O4. The number of allylic oxidation sites excluding steroid dienone is 2. The minimum Gasteiger partial charge on any atom is -0.390 e. The van der Waals surface area contributed by atoms with Gasteiger partial charge in [-0.15, -0.1) is 0 Å². The average molecular weight is 342 g/mol. The molecule has 4 nitrogen and oxygen atoms in total. The Morgan fingerprint density at radius 3 is 2.40 bits per heavy atom. The van der Waals surface area contributed by atoms with Gasteiger partial charge < -0.3 is 10.2 Å². The third kappa shape index (κ3) is 2.87. The maximum Gasteiger partial charge on any atom is 0.186 e. The molecule has 0 radical (unpaired) electrons. The van der Waals surface area contributed by atoms with Crippen molar-refractivity contribution in [3.05, 3.63) is 47.0 Å². The van der Waals surface area contributed by atoms with Gasteiger partial charge in [0.2, 0.25) is 0 Å². The highest BCUT2D eigenvalue weighted by Crippen LogP contribution is 2.50. The van der Waals surface area contributed by atoms with Gasteiger partial charge in [-0.05, 0) is 62.3 Å². The maximum absolute atomic E-state index is 12.0. The van der Waals surface area contributed by atoms with Crippen molar-refractivity contribution in [2.24, 2.45) is 11.3 Å². The number of carbonyl (C=O) groups excluding carboxylic acids is 2. The smallest absolute Gasteiger partial charge is 0.186 e. The van der Waals surface area contributed by atoms with Crippen molar-refractivity contribution in [1.29, 1.82) is 0 Å². The normalized spacial score (nSPS) is 34.9. The highest BCUT2D eigenvalue weighted by Gasteiger charge is 2.53. The standard InChI is InChI=1S/C21H26O4/c1-13-4-9-19(24)21(3,25)20(13,2)11-10-14-5-6-15-16(12-14)18(23)8-7-17(15)22/h5-8,12-13,19,24-25H,4,9-11H2,1-3H3/t13-,19+,20+,21-/m1/s1.